The summed E-state index contributed by atoms with van der Waals surface area (Å²) >= 11 is 3.46. The van der Waals surface area contributed by atoms with Crippen molar-refractivity contribution < 1.29 is 4.39 Å². The predicted octanol–water partition coefficient (Wildman–Crippen LogP) is 4.86. The van der Waals surface area contributed by atoms with Crippen molar-refractivity contribution in [2.24, 2.45) is 7.05 Å². The summed E-state index contributed by atoms with van der Waals surface area (Å²) in [6.45, 7) is 2.33. The molecule has 0 bridgehead atoms. The van der Waals surface area contributed by atoms with Gasteiger partial charge in [0.05, 0.1) is 4.70 Å². The molecule has 1 saturated heterocycles. The molecule has 134 valence electrons. The first-order valence-electron chi connectivity index (χ1n) is 8.79. The van der Waals surface area contributed by atoms with E-state index in [9.17, 15) is 4.39 Å². The fourth-order valence-corrected chi connectivity index (χ4v) is 6.09. The van der Waals surface area contributed by atoms with Crippen LogP contribution in [0.3, 0.4) is 0 Å². The molecule has 5 rings (SSSR count). The summed E-state index contributed by atoms with van der Waals surface area (Å²) in [5.74, 6) is 0.369. The summed E-state index contributed by atoms with van der Waals surface area (Å²) in [7, 11) is 4.00. The highest BCUT2D eigenvalue weighted by atomic mass is 32.1. The van der Waals surface area contributed by atoms with Gasteiger partial charge in [-0.2, -0.15) is 5.10 Å². The van der Waals surface area contributed by atoms with Gasteiger partial charge in [0.1, 0.15) is 15.4 Å². The Bertz CT molecular complexity index is 1070. The quantitative estimate of drug-likeness (QED) is 0.493. The van der Waals surface area contributed by atoms with Crippen molar-refractivity contribution in [1.29, 1.82) is 0 Å². The summed E-state index contributed by atoms with van der Waals surface area (Å²) in [5, 5.41) is 5.87. The summed E-state index contributed by atoms with van der Waals surface area (Å²) in [5.41, 5.74) is 1.25. The fraction of sp³-hybridized carbons (Fsp3) is 0.368. The number of rotatable bonds is 2. The standard InChI is InChI=1S/C19H19FN4S2/c1-23-5-3-11(4-6-23)15-9-16-19(25-15)21-18(26-16)12-7-13-10-24(2)22-17(13)14(20)8-12/h7-11H,3-6H2,1-2H3. The number of likely N-dealkylation sites (tertiary alicyclic amines) is 1. The van der Waals surface area contributed by atoms with Crippen molar-refractivity contribution in [3.05, 3.63) is 35.1 Å². The third kappa shape index (κ3) is 2.74. The lowest BCUT2D eigenvalue weighted by atomic mass is 9.96. The van der Waals surface area contributed by atoms with Gasteiger partial charge in [-0.15, -0.1) is 22.7 Å². The Morgan fingerprint density at radius 1 is 1.12 bits per heavy atom. The molecular formula is C19H19FN4S2. The van der Waals surface area contributed by atoms with Gasteiger partial charge in [0.15, 0.2) is 5.82 Å². The molecule has 0 aliphatic carbocycles. The van der Waals surface area contributed by atoms with Crippen molar-refractivity contribution in [3.8, 4) is 10.6 Å². The van der Waals surface area contributed by atoms with Crippen LogP contribution in [0.4, 0.5) is 4.39 Å². The van der Waals surface area contributed by atoms with Crippen LogP contribution in [0.2, 0.25) is 0 Å². The molecule has 0 unspecified atom stereocenters. The minimum Gasteiger partial charge on any atom is -0.306 e. The van der Waals surface area contributed by atoms with Crippen molar-refractivity contribution >= 4 is 43.1 Å². The average Bonchev–Trinajstić information content (AvgIpc) is 3.27. The Morgan fingerprint density at radius 2 is 1.92 bits per heavy atom. The Labute approximate surface area is 158 Å². The molecule has 4 aromatic rings. The molecular weight excluding hydrogens is 367 g/mol. The molecule has 0 N–H and O–H groups in total. The highest BCUT2D eigenvalue weighted by molar-refractivity contribution is 7.28. The van der Waals surface area contributed by atoms with Crippen LogP contribution in [0, 0.1) is 5.82 Å². The fourth-order valence-electron chi connectivity index (χ4n) is 3.71. The maximum atomic E-state index is 14.4. The number of piperidine rings is 1. The van der Waals surface area contributed by atoms with E-state index in [1.165, 1.54) is 35.5 Å². The molecule has 4 nitrogen and oxygen atoms in total. The van der Waals surface area contributed by atoms with Gasteiger partial charge in [0.25, 0.3) is 0 Å². The van der Waals surface area contributed by atoms with E-state index in [-0.39, 0.29) is 5.82 Å². The van der Waals surface area contributed by atoms with Gasteiger partial charge in [0.2, 0.25) is 0 Å². The van der Waals surface area contributed by atoms with Crippen LogP contribution in [0.1, 0.15) is 23.6 Å². The molecule has 0 amide bonds. The Morgan fingerprint density at radius 3 is 2.69 bits per heavy atom. The third-order valence-electron chi connectivity index (χ3n) is 5.15. The molecule has 1 aromatic carbocycles. The average molecular weight is 387 g/mol. The number of fused-ring (bicyclic) bond motifs is 2. The summed E-state index contributed by atoms with van der Waals surface area (Å²) in [6.07, 6.45) is 4.29. The van der Waals surface area contributed by atoms with Crippen molar-refractivity contribution in [2.45, 2.75) is 18.8 Å². The Kier molecular flexibility index (Phi) is 3.84. The van der Waals surface area contributed by atoms with E-state index in [1.807, 2.05) is 19.3 Å². The number of halogens is 1. The molecule has 7 heteroatoms. The second-order valence-corrected chi connectivity index (χ2v) is 9.21. The van der Waals surface area contributed by atoms with Crippen LogP contribution in [0.25, 0.3) is 31.0 Å². The van der Waals surface area contributed by atoms with Crippen LogP contribution < -0.4 is 0 Å². The number of nitrogens with zero attached hydrogens (tertiary/aromatic N) is 4. The Balaban J connectivity index is 1.49. The zero-order chi connectivity index (χ0) is 17.8. The number of hydrogen-bond acceptors (Lipinski definition) is 5. The van der Waals surface area contributed by atoms with Gasteiger partial charge in [0, 0.05) is 29.1 Å². The highest BCUT2D eigenvalue weighted by Gasteiger charge is 2.22. The maximum absolute atomic E-state index is 14.4. The number of thiazole rings is 1. The van der Waals surface area contributed by atoms with Crippen molar-refractivity contribution in [3.63, 3.8) is 0 Å². The first-order chi connectivity index (χ1) is 12.6. The number of benzene rings is 1. The monoisotopic (exact) mass is 386 g/mol. The zero-order valence-corrected chi connectivity index (χ0v) is 16.3. The van der Waals surface area contributed by atoms with Gasteiger partial charge in [-0.25, -0.2) is 9.37 Å². The lowest BCUT2D eigenvalue weighted by Gasteiger charge is -2.28. The van der Waals surface area contributed by atoms with Gasteiger partial charge >= 0.3 is 0 Å². The van der Waals surface area contributed by atoms with Crippen LogP contribution >= 0.6 is 22.7 Å². The minimum atomic E-state index is -0.288. The maximum Gasteiger partial charge on any atom is 0.152 e. The smallest absolute Gasteiger partial charge is 0.152 e. The molecule has 0 radical (unpaired) electrons. The SMILES string of the molecule is CN1CCC(c2cc3sc(-c4cc(F)c5nn(C)cc5c4)nc3s2)CC1. The van der Waals surface area contributed by atoms with Crippen molar-refractivity contribution in [2.75, 3.05) is 20.1 Å². The number of aryl methyl sites for hydroxylation is 1. The van der Waals surface area contributed by atoms with Crippen LogP contribution in [0.5, 0.6) is 0 Å². The van der Waals surface area contributed by atoms with E-state index in [2.05, 4.69) is 23.1 Å². The van der Waals surface area contributed by atoms with Crippen LogP contribution in [-0.2, 0) is 7.05 Å². The van der Waals surface area contributed by atoms with Gasteiger partial charge < -0.3 is 4.90 Å². The summed E-state index contributed by atoms with van der Waals surface area (Å²) in [6, 6.07) is 5.83. The van der Waals surface area contributed by atoms with E-state index in [0.717, 1.165) is 20.8 Å². The van der Waals surface area contributed by atoms with E-state index in [4.69, 9.17) is 4.98 Å². The molecule has 1 aliphatic heterocycles. The number of aromatic nitrogens is 3. The molecule has 0 atom stereocenters. The molecule has 1 aliphatic rings. The second kappa shape index (κ2) is 6.11. The van der Waals surface area contributed by atoms with E-state index < -0.39 is 0 Å². The van der Waals surface area contributed by atoms with Gasteiger partial charge in [-0.1, -0.05) is 0 Å². The first-order valence-corrected chi connectivity index (χ1v) is 10.4. The number of hydrogen-bond donors (Lipinski definition) is 0. The Hall–Kier alpha value is -1.83. The molecule has 1 fully saturated rings. The lowest BCUT2D eigenvalue weighted by Crippen LogP contribution is -2.28. The summed E-state index contributed by atoms with van der Waals surface area (Å²) in [4.78, 5) is 9.72. The molecule has 26 heavy (non-hydrogen) atoms. The first kappa shape index (κ1) is 16.4. The molecule has 0 saturated carbocycles. The van der Waals surface area contributed by atoms with E-state index in [1.54, 1.807) is 33.4 Å². The molecule has 4 heterocycles. The summed E-state index contributed by atoms with van der Waals surface area (Å²) < 4.78 is 17.2. The topological polar surface area (TPSA) is 34.0 Å². The minimum absolute atomic E-state index is 0.288. The largest absolute Gasteiger partial charge is 0.306 e. The highest BCUT2D eigenvalue weighted by Crippen LogP contribution is 2.40. The van der Waals surface area contributed by atoms with E-state index >= 15 is 0 Å². The second-order valence-electron chi connectivity index (χ2n) is 7.11. The zero-order valence-electron chi connectivity index (χ0n) is 14.7. The van der Waals surface area contributed by atoms with Crippen molar-refractivity contribution in [1.82, 2.24) is 19.7 Å². The lowest BCUT2D eigenvalue weighted by molar-refractivity contribution is 0.257. The normalized spacial score (nSPS) is 16.9. The van der Waals surface area contributed by atoms with Crippen LogP contribution in [-0.4, -0.2) is 39.8 Å². The van der Waals surface area contributed by atoms with Gasteiger partial charge in [-0.05, 0) is 57.1 Å². The predicted molar refractivity (Wildman–Crippen MR) is 107 cm³/mol. The van der Waals surface area contributed by atoms with Crippen LogP contribution in [0.15, 0.2) is 24.4 Å². The van der Waals surface area contributed by atoms with Gasteiger partial charge in [-0.3, -0.25) is 4.68 Å². The number of thiophene rings is 1. The molecule has 0 spiro atoms. The van der Waals surface area contributed by atoms with E-state index in [0.29, 0.717) is 11.4 Å². The third-order valence-corrected chi connectivity index (χ3v) is 7.52. The molecule has 3 aromatic heterocycles.